The number of anilines is 1. The molecule has 0 aliphatic rings. The topological polar surface area (TPSA) is 75.7 Å². The van der Waals surface area contributed by atoms with Crippen LogP contribution in [0.3, 0.4) is 0 Å². The number of rotatable bonds is 5. The molecule has 1 amide bonds. The van der Waals surface area contributed by atoms with E-state index in [2.05, 4.69) is 10.2 Å². The predicted octanol–water partition coefficient (Wildman–Crippen LogP) is 2.91. The fourth-order valence-corrected chi connectivity index (χ4v) is 2.96. The fraction of sp³-hybridized carbons (Fsp3) is 0.133. The summed E-state index contributed by atoms with van der Waals surface area (Å²) in [5.74, 6) is -1.42. The average Bonchev–Trinajstić information content (AvgIpc) is 2.54. The summed E-state index contributed by atoms with van der Waals surface area (Å²) in [6.07, 6.45) is 0. The first-order valence-corrected chi connectivity index (χ1v) is 8.47. The Kier molecular flexibility index (Phi) is 5.55. The number of hydrogen-bond donors (Lipinski definition) is 1. The maximum atomic E-state index is 13.7. The van der Waals surface area contributed by atoms with Crippen LogP contribution < -0.4 is 5.32 Å². The van der Waals surface area contributed by atoms with Crippen LogP contribution in [0, 0.1) is 5.82 Å². The molecule has 0 saturated heterocycles. The Morgan fingerprint density at radius 1 is 1.21 bits per heavy atom. The molecule has 6 nitrogen and oxygen atoms in total. The van der Waals surface area contributed by atoms with E-state index in [0.717, 1.165) is 6.07 Å². The highest BCUT2D eigenvalue weighted by molar-refractivity contribution is 7.89. The Labute approximate surface area is 143 Å². The molecule has 0 fully saturated rings. The number of hydrogen-bond acceptors (Lipinski definition) is 4. The fourth-order valence-electron chi connectivity index (χ4n) is 1.83. The van der Waals surface area contributed by atoms with Gasteiger partial charge in [-0.05, 0) is 42.5 Å². The van der Waals surface area contributed by atoms with E-state index >= 15 is 0 Å². The van der Waals surface area contributed by atoms with Gasteiger partial charge in [0.05, 0.1) is 17.6 Å². The van der Waals surface area contributed by atoms with Crippen LogP contribution >= 0.6 is 11.6 Å². The summed E-state index contributed by atoms with van der Waals surface area (Å²) in [5.41, 5.74) is 0.142. The molecule has 0 spiro atoms. The van der Waals surface area contributed by atoms with Crippen LogP contribution in [0.15, 0.2) is 47.4 Å². The average molecular weight is 373 g/mol. The molecular formula is C15H14ClFN2O4S. The number of carbonyl (C=O) groups excluding carboxylic acids is 1. The van der Waals surface area contributed by atoms with Gasteiger partial charge in [-0.15, -0.1) is 0 Å². The number of carbonyl (C=O) groups is 1. The van der Waals surface area contributed by atoms with Gasteiger partial charge in [-0.25, -0.2) is 12.8 Å². The minimum absolute atomic E-state index is 0.0116. The minimum atomic E-state index is -3.77. The zero-order valence-electron chi connectivity index (χ0n) is 12.8. The Bertz CT molecular complexity index is 856. The summed E-state index contributed by atoms with van der Waals surface area (Å²) in [5, 5.41) is 2.66. The van der Waals surface area contributed by atoms with Crippen LogP contribution in [0.5, 0.6) is 0 Å². The summed E-state index contributed by atoms with van der Waals surface area (Å²) < 4.78 is 38.5. The van der Waals surface area contributed by atoms with Crippen LogP contribution in [-0.2, 0) is 14.9 Å². The van der Waals surface area contributed by atoms with Crippen LogP contribution in [0.2, 0.25) is 5.02 Å². The van der Waals surface area contributed by atoms with Crippen LogP contribution in [0.1, 0.15) is 10.4 Å². The lowest BCUT2D eigenvalue weighted by Gasteiger charge is -2.14. The third-order valence-electron chi connectivity index (χ3n) is 3.18. The normalized spacial score (nSPS) is 11.5. The number of halogens is 2. The zero-order valence-corrected chi connectivity index (χ0v) is 14.4. The lowest BCUT2D eigenvalue weighted by Crippen LogP contribution is -2.25. The molecule has 0 unspecified atom stereocenters. The third kappa shape index (κ3) is 3.90. The summed E-state index contributed by atoms with van der Waals surface area (Å²) >= 11 is 5.64. The zero-order chi connectivity index (χ0) is 17.9. The predicted molar refractivity (Wildman–Crippen MR) is 87.8 cm³/mol. The largest absolute Gasteiger partial charge is 0.322 e. The summed E-state index contributed by atoms with van der Waals surface area (Å²) in [4.78, 5) is 16.7. The second kappa shape index (κ2) is 7.27. The standard InChI is InChI=1S/C15H14ClFN2O4S/c1-19(23-2)24(21,22)12-6-4-11(5-7-12)18-15(20)13-8-3-10(16)9-14(13)17/h3-9H,1-2H3,(H,18,20). The lowest BCUT2D eigenvalue weighted by molar-refractivity contribution is -0.0258. The molecule has 2 rings (SSSR count). The first kappa shape index (κ1) is 18.3. The highest BCUT2D eigenvalue weighted by atomic mass is 35.5. The molecule has 0 heterocycles. The van der Waals surface area contributed by atoms with Crippen molar-refractivity contribution in [3.63, 3.8) is 0 Å². The number of benzene rings is 2. The van der Waals surface area contributed by atoms with Crippen molar-refractivity contribution in [1.29, 1.82) is 0 Å². The van der Waals surface area contributed by atoms with Gasteiger partial charge in [-0.2, -0.15) is 0 Å². The molecular weight excluding hydrogens is 359 g/mol. The van der Waals surface area contributed by atoms with Gasteiger partial charge in [0.25, 0.3) is 15.9 Å². The van der Waals surface area contributed by atoms with Gasteiger partial charge in [-0.1, -0.05) is 16.1 Å². The van der Waals surface area contributed by atoms with Crippen molar-refractivity contribution in [3.05, 3.63) is 58.9 Å². The highest BCUT2D eigenvalue weighted by Gasteiger charge is 2.20. The van der Waals surface area contributed by atoms with E-state index in [1.54, 1.807) is 0 Å². The number of nitrogens with zero attached hydrogens (tertiary/aromatic N) is 1. The molecule has 1 N–H and O–H groups in total. The van der Waals surface area contributed by atoms with Crippen LogP contribution in [0.4, 0.5) is 10.1 Å². The van der Waals surface area contributed by atoms with E-state index in [1.165, 1.54) is 50.6 Å². The molecule has 24 heavy (non-hydrogen) atoms. The monoisotopic (exact) mass is 372 g/mol. The van der Waals surface area contributed by atoms with Gasteiger partial charge >= 0.3 is 0 Å². The Morgan fingerprint density at radius 3 is 2.38 bits per heavy atom. The molecule has 0 atom stereocenters. The summed E-state index contributed by atoms with van der Waals surface area (Å²) in [6.45, 7) is 0. The third-order valence-corrected chi connectivity index (χ3v) is 5.11. The van der Waals surface area contributed by atoms with Crippen molar-refractivity contribution in [2.45, 2.75) is 4.90 Å². The molecule has 0 bridgehead atoms. The molecule has 2 aromatic rings. The van der Waals surface area contributed by atoms with E-state index in [9.17, 15) is 17.6 Å². The Balaban J connectivity index is 2.19. The maximum Gasteiger partial charge on any atom is 0.264 e. The van der Waals surface area contributed by atoms with Crippen LogP contribution in [0.25, 0.3) is 0 Å². The molecule has 128 valence electrons. The van der Waals surface area contributed by atoms with Gasteiger partial charge in [0, 0.05) is 17.8 Å². The van der Waals surface area contributed by atoms with Crippen molar-refractivity contribution in [2.75, 3.05) is 19.5 Å². The van der Waals surface area contributed by atoms with E-state index < -0.39 is 21.7 Å². The molecule has 2 aromatic carbocycles. The van der Waals surface area contributed by atoms with Gasteiger partial charge in [0.2, 0.25) is 0 Å². The van der Waals surface area contributed by atoms with Crippen molar-refractivity contribution in [2.24, 2.45) is 0 Å². The molecule has 0 radical (unpaired) electrons. The van der Waals surface area contributed by atoms with Gasteiger partial charge in [0.1, 0.15) is 5.82 Å². The number of nitrogens with one attached hydrogen (secondary N) is 1. The van der Waals surface area contributed by atoms with E-state index in [1.807, 2.05) is 0 Å². The quantitative estimate of drug-likeness (QED) is 0.819. The maximum absolute atomic E-state index is 13.7. The molecule has 0 saturated carbocycles. The molecule has 0 aliphatic carbocycles. The van der Waals surface area contributed by atoms with Crippen molar-refractivity contribution < 1.29 is 22.4 Å². The highest BCUT2D eigenvalue weighted by Crippen LogP contribution is 2.19. The first-order valence-electron chi connectivity index (χ1n) is 6.65. The van der Waals surface area contributed by atoms with E-state index in [0.29, 0.717) is 10.2 Å². The van der Waals surface area contributed by atoms with Crippen LogP contribution in [-0.4, -0.2) is 33.0 Å². The Morgan fingerprint density at radius 2 is 1.83 bits per heavy atom. The minimum Gasteiger partial charge on any atom is -0.322 e. The second-order valence-corrected chi connectivity index (χ2v) is 7.07. The number of sulfonamides is 1. The van der Waals surface area contributed by atoms with Gasteiger partial charge in [0.15, 0.2) is 0 Å². The van der Waals surface area contributed by atoms with Gasteiger partial charge < -0.3 is 5.32 Å². The molecule has 9 heteroatoms. The molecule has 0 aromatic heterocycles. The SMILES string of the molecule is CON(C)S(=O)(=O)c1ccc(NC(=O)c2ccc(Cl)cc2F)cc1. The van der Waals surface area contributed by atoms with Crippen molar-refractivity contribution in [1.82, 2.24) is 4.47 Å². The second-order valence-electron chi connectivity index (χ2n) is 4.70. The summed E-state index contributed by atoms with van der Waals surface area (Å²) in [7, 11) is -1.29. The summed E-state index contributed by atoms with van der Waals surface area (Å²) in [6, 6.07) is 9.09. The van der Waals surface area contributed by atoms with Crippen molar-refractivity contribution in [3.8, 4) is 0 Å². The number of amides is 1. The Hall–Kier alpha value is -2.00. The number of hydroxylamine groups is 1. The smallest absolute Gasteiger partial charge is 0.264 e. The van der Waals surface area contributed by atoms with Crippen molar-refractivity contribution >= 4 is 33.2 Å². The van der Waals surface area contributed by atoms with E-state index in [-0.39, 0.29) is 15.5 Å². The lowest BCUT2D eigenvalue weighted by atomic mass is 10.2. The van der Waals surface area contributed by atoms with E-state index in [4.69, 9.17) is 11.6 Å². The molecule has 0 aliphatic heterocycles. The van der Waals surface area contributed by atoms with Gasteiger partial charge in [-0.3, -0.25) is 9.63 Å². The first-order chi connectivity index (χ1) is 11.3.